The number of hydrogen-bond donors (Lipinski definition) is 1. The van der Waals surface area contributed by atoms with Crippen molar-refractivity contribution in [3.05, 3.63) is 23.2 Å². The summed E-state index contributed by atoms with van der Waals surface area (Å²) in [5.41, 5.74) is 6.56. The first kappa shape index (κ1) is 14.6. The fourth-order valence-electron chi connectivity index (χ4n) is 1.27. The van der Waals surface area contributed by atoms with E-state index in [1.165, 1.54) is 0 Å². The molecule has 0 heterocycles. The minimum absolute atomic E-state index is 0.669. The van der Waals surface area contributed by atoms with Crippen LogP contribution in [0, 0.1) is 0 Å². The second-order valence-electron chi connectivity index (χ2n) is 3.49. The van der Waals surface area contributed by atoms with Gasteiger partial charge in [0.05, 0.1) is 6.61 Å². The third-order valence-corrected chi connectivity index (χ3v) is 3.38. The molecule has 3 nitrogen and oxygen atoms in total. The van der Waals surface area contributed by atoms with Gasteiger partial charge in [0.15, 0.2) is 0 Å². The summed E-state index contributed by atoms with van der Waals surface area (Å²) in [6, 6.07) is 5.55. The zero-order valence-corrected chi connectivity index (χ0v) is 11.5. The molecule has 0 amide bonds. The molecular formula is C12H18ClNO2S. The molecule has 96 valence electrons. The largest absolute Gasteiger partial charge is 0.398 e. The lowest BCUT2D eigenvalue weighted by Gasteiger charge is -2.06. The van der Waals surface area contributed by atoms with E-state index in [4.69, 9.17) is 26.8 Å². The number of ether oxygens (including phenoxy) is 2. The molecule has 0 aliphatic rings. The molecule has 0 aliphatic carbocycles. The summed E-state index contributed by atoms with van der Waals surface area (Å²) in [5, 5.41) is 0.669. The summed E-state index contributed by atoms with van der Waals surface area (Å²) in [7, 11) is 1.69. The molecular weight excluding hydrogens is 258 g/mol. The molecule has 0 saturated carbocycles. The van der Waals surface area contributed by atoms with E-state index in [9.17, 15) is 0 Å². The number of methoxy groups -OCH3 is 1. The highest BCUT2D eigenvalue weighted by Gasteiger charge is 2.00. The second-order valence-corrected chi connectivity index (χ2v) is 5.06. The van der Waals surface area contributed by atoms with Crippen LogP contribution in [0.25, 0.3) is 0 Å². The van der Waals surface area contributed by atoms with Crippen molar-refractivity contribution < 1.29 is 9.47 Å². The minimum atomic E-state index is 0.669. The van der Waals surface area contributed by atoms with Crippen LogP contribution in [0.1, 0.15) is 6.42 Å². The van der Waals surface area contributed by atoms with Crippen molar-refractivity contribution >= 4 is 29.1 Å². The van der Waals surface area contributed by atoms with E-state index in [0.29, 0.717) is 5.02 Å². The third kappa shape index (κ3) is 6.17. The second kappa shape index (κ2) is 8.64. The highest BCUT2D eigenvalue weighted by molar-refractivity contribution is 7.99. The van der Waals surface area contributed by atoms with Crippen molar-refractivity contribution in [2.45, 2.75) is 11.3 Å². The minimum Gasteiger partial charge on any atom is -0.398 e. The van der Waals surface area contributed by atoms with Gasteiger partial charge >= 0.3 is 0 Å². The average Bonchev–Trinajstić information content (AvgIpc) is 2.30. The Hall–Kier alpha value is -0.420. The highest BCUT2D eigenvalue weighted by Crippen LogP contribution is 2.27. The van der Waals surface area contributed by atoms with Gasteiger partial charge in [-0.1, -0.05) is 11.6 Å². The number of thioether (sulfide) groups is 1. The van der Waals surface area contributed by atoms with Gasteiger partial charge in [0.25, 0.3) is 0 Å². The summed E-state index contributed by atoms with van der Waals surface area (Å²) >= 11 is 7.50. The molecule has 1 rings (SSSR count). The molecule has 1 aromatic carbocycles. The zero-order valence-electron chi connectivity index (χ0n) is 9.95. The molecule has 17 heavy (non-hydrogen) atoms. The van der Waals surface area contributed by atoms with E-state index >= 15 is 0 Å². The fraction of sp³-hybridized carbons (Fsp3) is 0.500. The van der Waals surface area contributed by atoms with E-state index in [1.54, 1.807) is 24.9 Å². The monoisotopic (exact) mass is 275 g/mol. The maximum Gasteiger partial charge on any atom is 0.0560 e. The molecule has 0 fully saturated rings. The topological polar surface area (TPSA) is 44.5 Å². The van der Waals surface area contributed by atoms with Gasteiger partial charge in [-0.25, -0.2) is 0 Å². The predicted molar refractivity (Wildman–Crippen MR) is 73.9 cm³/mol. The summed E-state index contributed by atoms with van der Waals surface area (Å²) in [6.07, 6.45) is 0.935. The fourth-order valence-corrected chi connectivity index (χ4v) is 2.26. The van der Waals surface area contributed by atoms with Crippen LogP contribution >= 0.6 is 23.4 Å². The van der Waals surface area contributed by atoms with Gasteiger partial charge in [-0.05, 0) is 24.6 Å². The van der Waals surface area contributed by atoms with Crippen LogP contribution in [0.2, 0.25) is 5.02 Å². The van der Waals surface area contributed by atoms with Crippen LogP contribution in [-0.4, -0.2) is 32.7 Å². The van der Waals surface area contributed by atoms with Gasteiger partial charge in [0.1, 0.15) is 0 Å². The Bertz CT molecular complexity index is 336. The Balaban J connectivity index is 2.14. The Morgan fingerprint density at radius 3 is 2.82 bits per heavy atom. The smallest absolute Gasteiger partial charge is 0.0560 e. The predicted octanol–water partition coefficient (Wildman–Crippen LogP) is 3.07. The Kier molecular flexibility index (Phi) is 7.44. The van der Waals surface area contributed by atoms with Crippen molar-refractivity contribution in [3.8, 4) is 0 Å². The molecule has 0 spiro atoms. The molecule has 0 radical (unpaired) electrons. The lowest BCUT2D eigenvalue weighted by atomic mass is 10.3. The first-order valence-corrected chi connectivity index (χ1v) is 6.85. The number of anilines is 1. The van der Waals surface area contributed by atoms with Gasteiger partial charge in [-0.3, -0.25) is 0 Å². The molecule has 0 saturated heterocycles. The van der Waals surface area contributed by atoms with E-state index in [0.717, 1.165) is 42.6 Å². The molecule has 0 atom stereocenters. The number of nitrogens with two attached hydrogens (primary N) is 1. The van der Waals surface area contributed by atoms with E-state index in [1.807, 2.05) is 12.1 Å². The Morgan fingerprint density at radius 2 is 2.12 bits per heavy atom. The van der Waals surface area contributed by atoms with Gasteiger partial charge in [0.2, 0.25) is 0 Å². The van der Waals surface area contributed by atoms with Crippen molar-refractivity contribution in [3.63, 3.8) is 0 Å². The summed E-state index contributed by atoms with van der Waals surface area (Å²) in [6.45, 7) is 2.21. The van der Waals surface area contributed by atoms with Crippen LogP contribution in [-0.2, 0) is 9.47 Å². The average molecular weight is 276 g/mol. The van der Waals surface area contributed by atoms with Gasteiger partial charge in [0, 0.05) is 41.7 Å². The van der Waals surface area contributed by atoms with Gasteiger partial charge in [-0.2, -0.15) is 0 Å². The summed E-state index contributed by atoms with van der Waals surface area (Å²) < 4.78 is 10.4. The van der Waals surface area contributed by atoms with Crippen molar-refractivity contribution in [2.24, 2.45) is 0 Å². The van der Waals surface area contributed by atoms with Gasteiger partial charge < -0.3 is 15.2 Å². The summed E-state index contributed by atoms with van der Waals surface area (Å²) in [4.78, 5) is 1.05. The SMILES string of the molecule is COCCCOCCSc1ccc(Cl)cc1N. The molecule has 2 N–H and O–H groups in total. The maximum absolute atomic E-state index is 5.84. The molecule has 5 heteroatoms. The van der Waals surface area contributed by atoms with Crippen molar-refractivity contribution in [1.29, 1.82) is 0 Å². The Labute approximate surface area is 112 Å². The van der Waals surface area contributed by atoms with Crippen LogP contribution in [0.4, 0.5) is 5.69 Å². The molecule has 0 unspecified atom stereocenters. The van der Waals surface area contributed by atoms with E-state index in [2.05, 4.69) is 0 Å². The van der Waals surface area contributed by atoms with Crippen molar-refractivity contribution in [2.75, 3.05) is 38.4 Å². The lowest BCUT2D eigenvalue weighted by Crippen LogP contribution is -2.02. The van der Waals surface area contributed by atoms with Crippen LogP contribution in [0.15, 0.2) is 23.1 Å². The molecule has 1 aromatic rings. The first-order valence-electron chi connectivity index (χ1n) is 5.48. The van der Waals surface area contributed by atoms with Crippen LogP contribution in [0.3, 0.4) is 0 Å². The number of rotatable bonds is 8. The van der Waals surface area contributed by atoms with E-state index in [-0.39, 0.29) is 0 Å². The molecule has 0 aliphatic heterocycles. The first-order chi connectivity index (χ1) is 8.24. The highest BCUT2D eigenvalue weighted by atomic mass is 35.5. The zero-order chi connectivity index (χ0) is 12.5. The lowest BCUT2D eigenvalue weighted by molar-refractivity contribution is 0.113. The number of benzene rings is 1. The number of halogens is 1. The molecule has 0 bridgehead atoms. The van der Waals surface area contributed by atoms with Gasteiger partial charge in [-0.15, -0.1) is 11.8 Å². The van der Waals surface area contributed by atoms with Crippen molar-refractivity contribution in [1.82, 2.24) is 0 Å². The van der Waals surface area contributed by atoms with Crippen LogP contribution < -0.4 is 5.73 Å². The normalized spacial score (nSPS) is 10.7. The third-order valence-electron chi connectivity index (χ3n) is 2.09. The quantitative estimate of drug-likeness (QED) is 0.450. The maximum atomic E-state index is 5.84. The number of nitrogen functional groups attached to an aromatic ring is 1. The number of hydrogen-bond acceptors (Lipinski definition) is 4. The summed E-state index contributed by atoms with van der Waals surface area (Å²) in [5.74, 6) is 0.888. The Morgan fingerprint density at radius 1 is 1.29 bits per heavy atom. The molecule has 0 aromatic heterocycles. The van der Waals surface area contributed by atoms with Crippen LogP contribution in [0.5, 0.6) is 0 Å². The standard InChI is InChI=1S/C12H18ClNO2S/c1-15-5-2-6-16-7-8-17-12-4-3-10(13)9-11(12)14/h3-4,9H,2,5-8,14H2,1H3. The van der Waals surface area contributed by atoms with E-state index < -0.39 is 0 Å².